The first-order valence-corrected chi connectivity index (χ1v) is 14.0. The van der Waals surface area contributed by atoms with Crippen molar-refractivity contribution < 1.29 is 18.0 Å². The molecule has 0 bridgehead atoms. The standard InChI is InChI=1S/C29H33N3O4S/c1-21-16-18-24(19-17-21)37(35,36)32(27-15-9-6-10-22(27)2)20-28(33)31-26-14-8-7-13-25(26)29(34)30-23-11-4-3-5-12-23/h6-10,13-19,23H,3-5,11-12,20H2,1-2H3,(H,30,34)(H,31,33). The number of hydrogen-bond acceptors (Lipinski definition) is 4. The molecular weight excluding hydrogens is 486 g/mol. The van der Waals surface area contributed by atoms with E-state index in [-0.39, 0.29) is 16.8 Å². The lowest BCUT2D eigenvalue weighted by atomic mass is 9.95. The maximum Gasteiger partial charge on any atom is 0.264 e. The SMILES string of the molecule is Cc1ccc(S(=O)(=O)N(CC(=O)Nc2ccccc2C(=O)NC2CCCCC2)c2ccccc2C)cc1. The molecule has 1 fully saturated rings. The number of carbonyl (C=O) groups is 2. The second-order valence-corrected chi connectivity index (χ2v) is 11.4. The van der Waals surface area contributed by atoms with Crippen molar-refractivity contribution in [1.29, 1.82) is 0 Å². The van der Waals surface area contributed by atoms with Gasteiger partial charge in [-0.3, -0.25) is 13.9 Å². The Morgan fingerprint density at radius 1 is 0.865 bits per heavy atom. The van der Waals surface area contributed by atoms with Crippen molar-refractivity contribution in [3.8, 4) is 0 Å². The lowest BCUT2D eigenvalue weighted by Crippen LogP contribution is -2.39. The number of anilines is 2. The van der Waals surface area contributed by atoms with Gasteiger partial charge in [0, 0.05) is 6.04 Å². The highest BCUT2D eigenvalue weighted by atomic mass is 32.2. The van der Waals surface area contributed by atoms with Gasteiger partial charge in [0.15, 0.2) is 0 Å². The van der Waals surface area contributed by atoms with E-state index in [1.807, 2.05) is 13.0 Å². The second kappa shape index (κ2) is 11.6. The van der Waals surface area contributed by atoms with Gasteiger partial charge in [-0.1, -0.05) is 67.3 Å². The molecule has 37 heavy (non-hydrogen) atoms. The number of para-hydroxylation sites is 2. The van der Waals surface area contributed by atoms with E-state index >= 15 is 0 Å². The summed E-state index contributed by atoms with van der Waals surface area (Å²) in [6.45, 7) is 3.24. The normalized spacial score (nSPS) is 14.1. The molecule has 0 heterocycles. The molecule has 0 unspecified atom stereocenters. The van der Waals surface area contributed by atoms with E-state index in [1.165, 1.54) is 6.42 Å². The Hall–Kier alpha value is -3.65. The van der Waals surface area contributed by atoms with Crippen LogP contribution in [0.1, 0.15) is 53.6 Å². The van der Waals surface area contributed by atoms with Gasteiger partial charge in [0.2, 0.25) is 5.91 Å². The Labute approximate surface area is 218 Å². The van der Waals surface area contributed by atoms with Crippen LogP contribution in [0.3, 0.4) is 0 Å². The fourth-order valence-electron chi connectivity index (χ4n) is 4.60. The van der Waals surface area contributed by atoms with Crippen LogP contribution in [0.25, 0.3) is 0 Å². The van der Waals surface area contributed by atoms with E-state index in [4.69, 9.17) is 0 Å². The molecular formula is C29H33N3O4S. The third-order valence-electron chi connectivity index (χ3n) is 6.67. The van der Waals surface area contributed by atoms with Gasteiger partial charge in [0.05, 0.1) is 21.8 Å². The minimum absolute atomic E-state index is 0.0985. The molecule has 0 atom stereocenters. The zero-order valence-corrected chi connectivity index (χ0v) is 22.1. The Morgan fingerprint density at radius 3 is 2.22 bits per heavy atom. The molecule has 4 rings (SSSR count). The lowest BCUT2D eigenvalue weighted by Gasteiger charge is -2.26. The maximum absolute atomic E-state index is 13.7. The molecule has 7 nitrogen and oxygen atoms in total. The van der Waals surface area contributed by atoms with E-state index in [0.29, 0.717) is 16.9 Å². The molecule has 3 aromatic rings. The van der Waals surface area contributed by atoms with Gasteiger partial charge in [0.1, 0.15) is 6.54 Å². The van der Waals surface area contributed by atoms with Crippen LogP contribution in [0.5, 0.6) is 0 Å². The van der Waals surface area contributed by atoms with Gasteiger partial charge >= 0.3 is 0 Å². The largest absolute Gasteiger partial charge is 0.349 e. The van der Waals surface area contributed by atoms with Crippen LogP contribution in [-0.2, 0) is 14.8 Å². The Kier molecular flexibility index (Phi) is 8.28. The summed E-state index contributed by atoms with van der Waals surface area (Å²) >= 11 is 0. The predicted octanol–water partition coefficient (Wildman–Crippen LogP) is 5.20. The fraction of sp³-hybridized carbons (Fsp3) is 0.310. The summed E-state index contributed by atoms with van der Waals surface area (Å²) < 4.78 is 28.4. The number of aryl methyl sites for hydroxylation is 2. The van der Waals surface area contributed by atoms with Crippen molar-refractivity contribution in [2.75, 3.05) is 16.2 Å². The first kappa shape index (κ1) is 26.4. The van der Waals surface area contributed by atoms with E-state index in [0.717, 1.165) is 41.1 Å². The summed E-state index contributed by atoms with van der Waals surface area (Å²) in [6, 6.07) is 20.5. The predicted molar refractivity (Wildman–Crippen MR) is 146 cm³/mol. The van der Waals surface area contributed by atoms with E-state index in [2.05, 4.69) is 10.6 Å². The minimum Gasteiger partial charge on any atom is -0.349 e. The summed E-state index contributed by atoms with van der Waals surface area (Å²) in [5.74, 6) is -0.789. The van der Waals surface area contributed by atoms with Crippen LogP contribution < -0.4 is 14.9 Å². The average Bonchev–Trinajstić information content (AvgIpc) is 2.89. The van der Waals surface area contributed by atoms with Crippen molar-refractivity contribution in [3.63, 3.8) is 0 Å². The first-order chi connectivity index (χ1) is 17.8. The van der Waals surface area contributed by atoms with E-state index < -0.39 is 22.5 Å². The summed E-state index contributed by atoms with van der Waals surface area (Å²) in [5, 5.41) is 5.85. The minimum atomic E-state index is -4.03. The van der Waals surface area contributed by atoms with Crippen molar-refractivity contribution in [1.82, 2.24) is 5.32 Å². The topological polar surface area (TPSA) is 95.6 Å². The molecule has 0 radical (unpaired) electrons. The van der Waals surface area contributed by atoms with Crippen LogP contribution in [0.15, 0.2) is 77.7 Å². The highest BCUT2D eigenvalue weighted by molar-refractivity contribution is 7.92. The van der Waals surface area contributed by atoms with Gasteiger partial charge in [0.25, 0.3) is 15.9 Å². The number of nitrogens with one attached hydrogen (secondary N) is 2. The van der Waals surface area contributed by atoms with Crippen molar-refractivity contribution >= 4 is 33.2 Å². The van der Waals surface area contributed by atoms with Crippen LogP contribution >= 0.6 is 0 Å². The van der Waals surface area contributed by atoms with Crippen molar-refractivity contribution in [3.05, 3.63) is 89.5 Å². The Morgan fingerprint density at radius 2 is 1.51 bits per heavy atom. The monoisotopic (exact) mass is 519 g/mol. The van der Waals surface area contributed by atoms with Gasteiger partial charge < -0.3 is 10.6 Å². The molecule has 2 amide bonds. The summed E-state index contributed by atoms with van der Waals surface area (Å²) in [6.07, 6.45) is 5.26. The highest BCUT2D eigenvalue weighted by Gasteiger charge is 2.29. The maximum atomic E-state index is 13.7. The fourth-order valence-corrected chi connectivity index (χ4v) is 6.09. The van der Waals surface area contributed by atoms with Gasteiger partial charge in [-0.05, 0) is 62.6 Å². The smallest absolute Gasteiger partial charge is 0.264 e. The molecule has 0 aliphatic heterocycles. The highest BCUT2D eigenvalue weighted by Crippen LogP contribution is 2.27. The summed E-state index contributed by atoms with van der Waals surface area (Å²) in [5.41, 5.74) is 2.77. The Bertz CT molecular complexity index is 1360. The average molecular weight is 520 g/mol. The number of nitrogens with zero attached hydrogens (tertiary/aromatic N) is 1. The Balaban J connectivity index is 1.58. The molecule has 0 aromatic heterocycles. The zero-order chi connectivity index (χ0) is 26.4. The number of carbonyl (C=O) groups excluding carboxylic acids is 2. The molecule has 3 aromatic carbocycles. The van der Waals surface area contributed by atoms with Crippen LogP contribution in [0.4, 0.5) is 11.4 Å². The van der Waals surface area contributed by atoms with Crippen LogP contribution in [-0.4, -0.2) is 32.8 Å². The van der Waals surface area contributed by atoms with Crippen LogP contribution in [0, 0.1) is 13.8 Å². The quantitative estimate of drug-likeness (QED) is 0.428. The van der Waals surface area contributed by atoms with Gasteiger partial charge in [-0.25, -0.2) is 8.42 Å². The first-order valence-electron chi connectivity index (χ1n) is 12.6. The third kappa shape index (κ3) is 6.38. The second-order valence-electron chi connectivity index (χ2n) is 9.51. The van der Waals surface area contributed by atoms with E-state index in [1.54, 1.807) is 73.7 Å². The van der Waals surface area contributed by atoms with Gasteiger partial charge in [-0.15, -0.1) is 0 Å². The molecule has 194 valence electrons. The molecule has 1 saturated carbocycles. The summed E-state index contributed by atoms with van der Waals surface area (Å²) in [4.78, 5) is 26.4. The molecule has 1 aliphatic rings. The third-order valence-corrected chi connectivity index (χ3v) is 8.44. The van der Waals surface area contributed by atoms with Crippen LogP contribution in [0.2, 0.25) is 0 Å². The van der Waals surface area contributed by atoms with Crippen molar-refractivity contribution in [2.24, 2.45) is 0 Å². The summed E-state index contributed by atoms with van der Waals surface area (Å²) in [7, 11) is -4.03. The van der Waals surface area contributed by atoms with Crippen molar-refractivity contribution in [2.45, 2.75) is 56.9 Å². The number of benzene rings is 3. The number of rotatable bonds is 8. The number of sulfonamides is 1. The molecule has 0 saturated heterocycles. The molecule has 1 aliphatic carbocycles. The van der Waals surface area contributed by atoms with E-state index in [9.17, 15) is 18.0 Å². The number of amides is 2. The zero-order valence-electron chi connectivity index (χ0n) is 21.2. The molecule has 0 spiro atoms. The van der Waals surface area contributed by atoms with Gasteiger partial charge in [-0.2, -0.15) is 0 Å². The molecule has 8 heteroatoms. The molecule has 2 N–H and O–H groups in total. The number of hydrogen-bond donors (Lipinski definition) is 2. The lowest BCUT2D eigenvalue weighted by molar-refractivity contribution is -0.114.